The SMILES string of the molecule is CCC(=O)c1ccc(OCC(O)CN2C(=O)NC(C)(CCc3ccc(OC(F)F)cc3)C2=O)cc1. The monoisotopic (exact) mass is 490 g/mol. The molecule has 0 saturated carbocycles. The van der Waals surface area contributed by atoms with Gasteiger partial charge in [0.1, 0.15) is 29.7 Å². The second kappa shape index (κ2) is 11.3. The number of ketones is 1. The number of β-amino-alcohol motifs (C(OH)–C–C–N with tert-alkyl or cyclic N) is 1. The first-order valence-corrected chi connectivity index (χ1v) is 11.2. The zero-order valence-corrected chi connectivity index (χ0v) is 19.5. The molecule has 0 aromatic heterocycles. The lowest BCUT2D eigenvalue weighted by molar-refractivity contribution is -0.132. The average molecular weight is 491 g/mol. The quantitative estimate of drug-likeness (QED) is 0.348. The Kier molecular flexibility index (Phi) is 8.39. The molecule has 3 rings (SSSR count). The first-order chi connectivity index (χ1) is 16.6. The first kappa shape index (κ1) is 26.1. The van der Waals surface area contributed by atoms with Gasteiger partial charge in [-0.05, 0) is 61.7 Å². The average Bonchev–Trinajstić information content (AvgIpc) is 3.05. The topological polar surface area (TPSA) is 105 Å². The third-order valence-electron chi connectivity index (χ3n) is 5.74. The van der Waals surface area contributed by atoms with E-state index in [1.165, 1.54) is 12.1 Å². The van der Waals surface area contributed by atoms with Crippen molar-refractivity contribution >= 4 is 17.7 Å². The van der Waals surface area contributed by atoms with Crippen LogP contribution in [0, 0.1) is 0 Å². The number of alkyl halides is 2. The maximum absolute atomic E-state index is 12.9. The van der Waals surface area contributed by atoms with Crippen LogP contribution in [-0.4, -0.2) is 59.1 Å². The van der Waals surface area contributed by atoms with Gasteiger partial charge in [-0.3, -0.25) is 14.5 Å². The lowest BCUT2D eigenvalue weighted by Crippen LogP contribution is -2.45. The summed E-state index contributed by atoms with van der Waals surface area (Å²) in [4.78, 5) is 38.0. The van der Waals surface area contributed by atoms with E-state index in [0.29, 0.717) is 24.2 Å². The van der Waals surface area contributed by atoms with Crippen molar-refractivity contribution < 1.29 is 37.7 Å². The lowest BCUT2D eigenvalue weighted by Gasteiger charge is -2.22. The molecule has 2 unspecified atom stereocenters. The predicted octanol–water partition coefficient (Wildman–Crippen LogP) is 3.56. The highest BCUT2D eigenvalue weighted by Crippen LogP contribution is 2.25. The number of nitrogens with zero attached hydrogens (tertiary/aromatic N) is 1. The molecule has 35 heavy (non-hydrogen) atoms. The van der Waals surface area contributed by atoms with E-state index < -0.39 is 30.2 Å². The van der Waals surface area contributed by atoms with Gasteiger partial charge in [0, 0.05) is 12.0 Å². The second-order valence-electron chi connectivity index (χ2n) is 8.47. The van der Waals surface area contributed by atoms with E-state index in [0.717, 1.165) is 10.5 Å². The number of halogens is 2. The van der Waals surface area contributed by atoms with Crippen LogP contribution in [0.2, 0.25) is 0 Å². The fourth-order valence-electron chi connectivity index (χ4n) is 3.71. The summed E-state index contributed by atoms with van der Waals surface area (Å²) in [5, 5.41) is 13.0. The standard InChI is InChI=1S/C25H28F2N2O6/c1-3-21(31)17-6-10-19(11-7-17)34-15-18(30)14-29-22(32)25(2,28-24(29)33)13-12-16-4-8-20(9-5-16)35-23(26)27/h4-11,18,23,30H,3,12-15H2,1-2H3,(H,28,33). The molecule has 8 nitrogen and oxygen atoms in total. The number of benzene rings is 2. The van der Waals surface area contributed by atoms with Crippen LogP contribution < -0.4 is 14.8 Å². The van der Waals surface area contributed by atoms with Crippen LogP contribution >= 0.6 is 0 Å². The van der Waals surface area contributed by atoms with Crippen LogP contribution in [0.15, 0.2) is 48.5 Å². The van der Waals surface area contributed by atoms with Crippen molar-refractivity contribution in [1.29, 1.82) is 0 Å². The molecule has 1 aliphatic heterocycles. The smallest absolute Gasteiger partial charge is 0.387 e. The molecular formula is C25H28F2N2O6. The van der Waals surface area contributed by atoms with Gasteiger partial charge in [-0.1, -0.05) is 19.1 Å². The Morgan fingerprint density at radius 1 is 1.09 bits per heavy atom. The molecule has 1 heterocycles. The number of urea groups is 1. The fourth-order valence-corrected chi connectivity index (χ4v) is 3.71. The minimum absolute atomic E-state index is 0.0102. The van der Waals surface area contributed by atoms with Crippen LogP contribution in [0.1, 0.15) is 42.6 Å². The second-order valence-corrected chi connectivity index (χ2v) is 8.47. The number of aliphatic hydroxyl groups excluding tert-OH is 1. The number of hydrogen-bond acceptors (Lipinski definition) is 6. The third kappa shape index (κ3) is 6.75. The number of ether oxygens (including phenoxy) is 2. The summed E-state index contributed by atoms with van der Waals surface area (Å²) in [5.74, 6) is 0.0225. The number of imide groups is 1. The number of nitrogens with one attached hydrogen (secondary N) is 1. The molecule has 0 aliphatic carbocycles. The van der Waals surface area contributed by atoms with Gasteiger partial charge in [0.25, 0.3) is 5.91 Å². The summed E-state index contributed by atoms with van der Waals surface area (Å²) in [6, 6.07) is 12.0. The number of carbonyl (C=O) groups excluding carboxylic acids is 3. The van der Waals surface area contributed by atoms with Crippen LogP contribution in [0.3, 0.4) is 0 Å². The molecule has 2 aromatic rings. The summed E-state index contributed by atoms with van der Waals surface area (Å²) in [6.07, 6.45) is -0.0374. The van der Waals surface area contributed by atoms with Crippen molar-refractivity contribution in [2.24, 2.45) is 0 Å². The highest BCUT2D eigenvalue weighted by Gasteiger charge is 2.47. The number of hydrogen-bond donors (Lipinski definition) is 2. The highest BCUT2D eigenvalue weighted by atomic mass is 19.3. The maximum Gasteiger partial charge on any atom is 0.387 e. The van der Waals surface area contributed by atoms with Crippen molar-refractivity contribution in [2.45, 2.75) is 51.4 Å². The van der Waals surface area contributed by atoms with Crippen LogP contribution in [-0.2, 0) is 11.2 Å². The molecule has 2 aromatic carbocycles. The van der Waals surface area contributed by atoms with Gasteiger partial charge in [0.05, 0.1) is 6.54 Å². The van der Waals surface area contributed by atoms with Gasteiger partial charge >= 0.3 is 12.6 Å². The van der Waals surface area contributed by atoms with E-state index >= 15 is 0 Å². The largest absolute Gasteiger partial charge is 0.491 e. The van der Waals surface area contributed by atoms with E-state index in [4.69, 9.17) is 4.74 Å². The highest BCUT2D eigenvalue weighted by molar-refractivity contribution is 6.06. The Hall–Kier alpha value is -3.53. The van der Waals surface area contributed by atoms with Crippen molar-refractivity contribution in [3.8, 4) is 11.5 Å². The molecule has 2 N–H and O–H groups in total. The van der Waals surface area contributed by atoms with E-state index in [1.807, 2.05) is 0 Å². The molecule has 1 aliphatic rings. The Morgan fingerprint density at radius 2 is 1.71 bits per heavy atom. The zero-order valence-electron chi connectivity index (χ0n) is 19.5. The summed E-state index contributed by atoms with van der Waals surface area (Å²) >= 11 is 0. The molecule has 0 bridgehead atoms. The van der Waals surface area contributed by atoms with Crippen molar-refractivity contribution in [3.05, 3.63) is 59.7 Å². The maximum atomic E-state index is 12.9. The van der Waals surface area contributed by atoms with Crippen molar-refractivity contribution in [3.63, 3.8) is 0 Å². The van der Waals surface area contributed by atoms with Gasteiger partial charge in [-0.2, -0.15) is 8.78 Å². The van der Waals surface area contributed by atoms with Gasteiger partial charge in [0.2, 0.25) is 0 Å². The molecule has 10 heteroatoms. The number of Topliss-reactive ketones (excluding diaryl/α,β-unsaturated/α-hetero) is 1. The number of aliphatic hydroxyl groups is 1. The molecule has 3 amide bonds. The third-order valence-corrected chi connectivity index (χ3v) is 5.74. The Bertz CT molecular complexity index is 1040. The van der Waals surface area contributed by atoms with Crippen molar-refractivity contribution in [2.75, 3.05) is 13.2 Å². The Labute approximate surface area is 201 Å². The van der Waals surface area contributed by atoms with Gasteiger partial charge < -0.3 is 19.9 Å². The van der Waals surface area contributed by atoms with Crippen LogP contribution in [0.5, 0.6) is 11.5 Å². The number of aryl methyl sites for hydroxylation is 1. The number of rotatable bonds is 12. The van der Waals surface area contributed by atoms with E-state index in [-0.39, 0.29) is 31.1 Å². The normalized spacial score (nSPS) is 18.5. The van der Waals surface area contributed by atoms with E-state index in [1.54, 1.807) is 50.2 Å². The summed E-state index contributed by atoms with van der Waals surface area (Å²) in [5.41, 5.74) is 0.183. The molecular weight excluding hydrogens is 462 g/mol. The van der Waals surface area contributed by atoms with Crippen molar-refractivity contribution in [1.82, 2.24) is 10.2 Å². The summed E-state index contributed by atoms with van der Waals surface area (Å²) in [7, 11) is 0. The molecule has 0 radical (unpaired) electrons. The van der Waals surface area contributed by atoms with E-state index in [2.05, 4.69) is 10.1 Å². The van der Waals surface area contributed by atoms with Gasteiger partial charge in [-0.25, -0.2) is 4.79 Å². The fraction of sp³-hybridized carbons (Fsp3) is 0.400. The minimum Gasteiger partial charge on any atom is -0.491 e. The van der Waals surface area contributed by atoms with Crippen LogP contribution in [0.25, 0.3) is 0 Å². The number of carbonyl (C=O) groups is 3. The number of amides is 3. The minimum atomic E-state index is -2.91. The molecule has 1 saturated heterocycles. The predicted molar refractivity (Wildman–Crippen MR) is 123 cm³/mol. The first-order valence-electron chi connectivity index (χ1n) is 11.2. The van der Waals surface area contributed by atoms with Gasteiger partial charge in [0.15, 0.2) is 5.78 Å². The van der Waals surface area contributed by atoms with Crippen LogP contribution in [0.4, 0.5) is 13.6 Å². The summed E-state index contributed by atoms with van der Waals surface area (Å²) in [6.45, 7) is 0.0718. The molecule has 0 spiro atoms. The molecule has 188 valence electrons. The molecule has 1 fully saturated rings. The molecule has 2 atom stereocenters. The van der Waals surface area contributed by atoms with E-state index in [9.17, 15) is 28.3 Å². The Morgan fingerprint density at radius 3 is 2.31 bits per heavy atom. The zero-order chi connectivity index (χ0) is 25.6. The lowest BCUT2D eigenvalue weighted by atomic mass is 9.93. The Balaban J connectivity index is 1.51. The van der Waals surface area contributed by atoms with Gasteiger partial charge in [-0.15, -0.1) is 0 Å². The summed E-state index contributed by atoms with van der Waals surface area (Å²) < 4.78 is 34.4.